The van der Waals surface area contributed by atoms with Crippen LogP contribution in [0.4, 0.5) is 9.18 Å². The van der Waals surface area contributed by atoms with Gasteiger partial charge in [-0.1, -0.05) is 35.9 Å². The predicted molar refractivity (Wildman–Crippen MR) is 142 cm³/mol. The second kappa shape index (κ2) is 10.3. The van der Waals surface area contributed by atoms with E-state index in [0.29, 0.717) is 35.0 Å². The van der Waals surface area contributed by atoms with Gasteiger partial charge in [0.25, 0.3) is 0 Å². The lowest BCUT2D eigenvalue weighted by molar-refractivity contribution is -0.00496. The summed E-state index contributed by atoms with van der Waals surface area (Å²) >= 11 is 6.19. The average Bonchev–Trinajstić information content (AvgIpc) is 3.15. The number of aromatic hydroxyl groups is 1. The van der Waals surface area contributed by atoms with Gasteiger partial charge in [-0.3, -0.25) is 0 Å². The second-order valence-electron chi connectivity index (χ2n) is 9.82. The summed E-state index contributed by atoms with van der Waals surface area (Å²) in [4.78, 5) is 14.8. The van der Waals surface area contributed by atoms with Crippen LogP contribution in [0.2, 0.25) is 5.02 Å². The van der Waals surface area contributed by atoms with Crippen molar-refractivity contribution in [2.45, 2.75) is 36.3 Å². The summed E-state index contributed by atoms with van der Waals surface area (Å²) in [6.07, 6.45) is 1.19. The molecule has 1 aliphatic heterocycles. The van der Waals surface area contributed by atoms with Crippen LogP contribution in [0.5, 0.6) is 17.2 Å². The summed E-state index contributed by atoms with van der Waals surface area (Å²) in [6, 6.07) is 15.1. The van der Waals surface area contributed by atoms with Crippen LogP contribution in [-0.2, 0) is 5.60 Å². The first-order valence-corrected chi connectivity index (χ1v) is 12.9. The van der Waals surface area contributed by atoms with E-state index in [1.54, 1.807) is 41.3 Å². The number of aliphatic hydroxyl groups is 1. The molecular weight excluding hydrogens is 511 g/mol. The number of hydrogen-bond acceptors (Lipinski definition) is 5. The summed E-state index contributed by atoms with van der Waals surface area (Å²) in [5.41, 5.74) is -0.360. The lowest BCUT2D eigenvalue weighted by Gasteiger charge is -2.40. The fourth-order valence-corrected chi connectivity index (χ4v) is 5.96. The molecule has 4 atom stereocenters. The molecule has 1 saturated heterocycles. The maximum atomic E-state index is 14.4. The number of amides is 2. The normalized spacial score (nSPS) is 24.6. The number of likely N-dealkylation sites (tertiary alicyclic amines) is 1. The number of methoxy groups -OCH3 is 2. The summed E-state index contributed by atoms with van der Waals surface area (Å²) in [7, 11) is 2.90. The molecule has 0 unspecified atom stereocenters. The topological polar surface area (TPSA) is 91.3 Å². The van der Waals surface area contributed by atoms with Gasteiger partial charge in [-0.05, 0) is 54.2 Å². The Morgan fingerprint density at radius 1 is 1.08 bits per heavy atom. The zero-order valence-corrected chi connectivity index (χ0v) is 21.9. The number of hydrogen-bond donors (Lipinski definition) is 3. The van der Waals surface area contributed by atoms with Gasteiger partial charge in [-0.15, -0.1) is 0 Å². The number of phenols is 1. The van der Waals surface area contributed by atoms with E-state index < -0.39 is 29.3 Å². The van der Waals surface area contributed by atoms with Gasteiger partial charge in [0.1, 0.15) is 28.7 Å². The fraction of sp³-hybridized carbons (Fsp3) is 0.345. The highest BCUT2D eigenvalue weighted by molar-refractivity contribution is 6.30. The quantitative estimate of drug-likeness (QED) is 0.402. The molecule has 3 aromatic carbocycles. The minimum atomic E-state index is -1.85. The number of benzene rings is 3. The number of nitrogens with one attached hydrogen (secondary N) is 1. The summed E-state index contributed by atoms with van der Waals surface area (Å²) in [5, 5.41) is 27.6. The van der Waals surface area contributed by atoms with Gasteiger partial charge in [0.2, 0.25) is 0 Å². The van der Waals surface area contributed by atoms with E-state index in [0.717, 1.165) is 6.42 Å². The third-order valence-electron chi connectivity index (χ3n) is 7.76. The smallest absolute Gasteiger partial charge is 0.317 e. The molecule has 1 heterocycles. The maximum absolute atomic E-state index is 14.4. The van der Waals surface area contributed by atoms with Gasteiger partial charge in [-0.25, -0.2) is 9.18 Å². The predicted octanol–water partition coefficient (Wildman–Crippen LogP) is 5.14. The standard InChI is InChI=1S/C29H30ClFN2O5/c1-37-21-14-23(34)27(24(15-21)38-2)29(36)25(32-28(35)33-11-4-12-33)16-22(18-5-3-6-20(31)13-18)26(29)17-7-9-19(30)10-8-17/h3,5-10,13-15,22,25-26,34,36H,4,11-12,16H2,1-2H3,(H,32,35)/t22-,25-,26+,29-/m0/s1. The monoisotopic (exact) mass is 540 g/mol. The molecule has 1 aliphatic carbocycles. The van der Waals surface area contributed by atoms with E-state index in [1.807, 2.05) is 6.07 Å². The van der Waals surface area contributed by atoms with Crippen LogP contribution >= 0.6 is 11.6 Å². The number of ether oxygens (including phenoxy) is 2. The van der Waals surface area contributed by atoms with E-state index in [1.165, 1.54) is 32.4 Å². The van der Waals surface area contributed by atoms with Gasteiger partial charge >= 0.3 is 6.03 Å². The number of phenolic OH excluding ortho intramolecular Hbond substituents is 1. The third-order valence-corrected chi connectivity index (χ3v) is 8.01. The van der Waals surface area contributed by atoms with Crippen molar-refractivity contribution in [1.29, 1.82) is 0 Å². The average molecular weight is 541 g/mol. The molecule has 38 heavy (non-hydrogen) atoms. The Balaban J connectivity index is 1.73. The molecule has 2 aliphatic rings. The zero-order valence-electron chi connectivity index (χ0n) is 21.2. The Morgan fingerprint density at radius 3 is 2.42 bits per heavy atom. The Bertz CT molecular complexity index is 1330. The molecule has 3 aromatic rings. The van der Waals surface area contributed by atoms with Crippen LogP contribution in [-0.4, -0.2) is 54.5 Å². The molecule has 0 radical (unpaired) electrons. The van der Waals surface area contributed by atoms with Gasteiger partial charge in [0, 0.05) is 36.2 Å². The number of nitrogens with zero attached hydrogens (tertiary/aromatic N) is 1. The number of urea groups is 1. The van der Waals surface area contributed by atoms with E-state index >= 15 is 0 Å². The largest absolute Gasteiger partial charge is 0.507 e. The van der Waals surface area contributed by atoms with E-state index in [2.05, 4.69) is 5.32 Å². The van der Waals surface area contributed by atoms with Gasteiger partial charge in [-0.2, -0.15) is 0 Å². The molecule has 200 valence electrons. The van der Waals surface area contributed by atoms with E-state index in [4.69, 9.17) is 21.1 Å². The molecule has 2 fully saturated rings. The van der Waals surface area contributed by atoms with Crippen LogP contribution in [0.1, 0.15) is 41.4 Å². The number of carbonyl (C=O) groups is 1. The summed E-state index contributed by atoms with van der Waals surface area (Å²) in [5.74, 6) is -1.24. The van der Waals surface area contributed by atoms with Crippen molar-refractivity contribution in [3.8, 4) is 17.2 Å². The number of carbonyl (C=O) groups excluding carboxylic acids is 1. The lowest BCUT2D eigenvalue weighted by atomic mass is 9.73. The first-order valence-electron chi connectivity index (χ1n) is 12.5. The Hall–Kier alpha value is -3.49. The molecular formula is C29H30ClFN2O5. The highest BCUT2D eigenvalue weighted by Crippen LogP contribution is 2.60. The van der Waals surface area contributed by atoms with Crippen molar-refractivity contribution in [2.24, 2.45) is 0 Å². The molecule has 0 spiro atoms. The molecule has 0 aromatic heterocycles. The van der Waals surface area contributed by atoms with Crippen LogP contribution in [0.3, 0.4) is 0 Å². The number of rotatable bonds is 6. The molecule has 5 rings (SSSR count). The van der Waals surface area contributed by atoms with E-state index in [9.17, 15) is 19.4 Å². The van der Waals surface area contributed by atoms with Crippen molar-refractivity contribution >= 4 is 17.6 Å². The molecule has 2 amide bonds. The first-order chi connectivity index (χ1) is 18.3. The van der Waals surface area contributed by atoms with Crippen molar-refractivity contribution in [1.82, 2.24) is 10.2 Å². The minimum Gasteiger partial charge on any atom is -0.507 e. The summed E-state index contributed by atoms with van der Waals surface area (Å²) < 4.78 is 25.4. The first kappa shape index (κ1) is 26.1. The van der Waals surface area contributed by atoms with Crippen molar-refractivity contribution in [3.05, 3.63) is 88.2 Å². The molecule has 9 heteroatoms. The fourth-order valence-electron chi connectivity index (χ4n) is 5.83. The van der Waals surface area contributed by atoms with E-state index in [-0.39, 0.29) is 29.5 Å². The third kappa shape index (κ3) is 4.52. The van der Waals surface area contributed by atoms with Gasteiger partial charge in [0.15, 0.2) is 0 Å². The molecule has 1 saturated carbocycles. The van der Waals surface area contributed by atoms with Crippen molar-refractivity contribution in [2.75, 3.05) is 27.3 Å². The molecule has 3 N–H and O–H groups in total. The Morgan fingerprint density at radius 2 is 1.82 bits per heavy atom. The second-order valence-corrected chi connectivity index (χ2v) is 10.3. The zero-order chi connectivity index (χ0) is 27.0. The summed E-state index contributed by atoms with van der Waals surface area (Å²) in [6.45, 7) is 1.25. The van der Waals surface area contributed by atoms with Gasteiger partial charge in [0.05, 0.1) is 25.8 Å². The maximum Gasteiger partial charge on any atom is 0.317 e. The van der Waals surface area contributed by atoms with Crippen LogP contribution < -0.4 is 14.8 Å². The molecule has 0 bridgehead atoms. The van der Waals surface area contributed by atoms with Crippen LogP contribution in [0.15, 0.2) is 60.7 Å². The highest BCUT2D eigenvalue weighted by atomic mass is 35.5. The minimum absolute atomic E-state index is 0.119. The van der Waals surface area contributed by atoms with Crippen LogP contribution in [0, 0.1) is 5.82 Å². The Labute approximate surface area is 225 Å². The van der Waals surface area contributed by atoms with Gasteiger partial charge < -0.3 is 29.9 Å². The highest BCUT2D eigenvalue weighted by Gasteiger charge is 2.59. The SMILES string of the molecule is COc1cc(O)c([C@]2(O)[C@@H](NC(=O)N3CCC3)C[C@@H](c3cccc(F)c3)[C@H]2c2ccc(Cl)cc2)c(OC)c1. The number of halogens is 2. The van der Waals surface area contributed by atoms with Crippen molar-refractivity contribution in [3.63, 3.8) is 0 Å². The van der Waals surface area contributed by atoms with Crippen molar-refractivity contribution < 1.29 is 28.9 Å². The van der Waals surface area contributed by atoms with Crippen LogP contribution in [0.25, 0.3) is 0 Å². The lowest BCUT2D eigenvalue weighted by Crippen LogP contribution is -2.55. The molecule has 7 nitrogen and oxygen atoms in total. The Kier molecular flexibility index (Phi) is 7.11.